The highest BCUT2D eigenvalue weighted by Gasteiger charge is 2.30. The van der Waals surface area contributed by atoms with Crippen LogP contribution in [-0.4, -0.2) is 11.0 Å². The minimum Gasteiger partial charge on any atom is -0.310 e. The van der Waals surface area contributed by atoms with E-state index in [1.165, 1.54) is 26.7 Å². The van der Waals surface area contributed by atoms with Crippen molar-refractivity contribution >= 4 is 11.3 Å². The molecule has 3 rings (SSSR count). The van der Waals surface area contributed by atoms with Gasteiger partial charge in [-0.05, 0) is 23.5 Å². The molecule has 0 bridgehead atoms. The van der Waals surface area contributed by atoms with Crippen molar-refractivity contribution < 1.29 is 0 Å². The second-order valence-corrected chi connectivity index (χ2v) is 7.62. The molecule has 0 aliphatic heterocycles. The van der Waals surface area contributed by atoms with Gasteiger partial charge >= 0.3 is 0 Å². The zero-order valence-corrected chi connectivity index (χ0v) is 14.1. The molecule has 1 atom stereocenters. The fourth-order valence-electron chi connectivity index (χ4n) is 2.89. The standard InChI is InChI=1S/C18H24N2S/c1-11(2)17-16(10-19-12(3)4)21-18(20-17)15-9-13-7-5-6-8-14(13)15/h5-8,11-12,15,19H,9-10H2,1-4H3. The maximum Gasteiger partial charge on any atom is 0.101 e. The van der Waals surface area contributed by atoms with Crippen LogP contribution in [0.5, 0.6) is 0 Å². The predicted octanol–water partition coefficient (Wildman–Crippen LogP) is 4.45. The molecule has 21 heavy (non-hydrogen) atoms. The van der Waals surface area contributed by atoms with Crippen LogP contribution in [0.15, 0.2) is 24.3 Å². The Morgan fingerprint density at radius 2 is 2.00 bits per heavy atom. The number of nitrogens with zero attached hydrogens (tertiary/aromatic N) is 1. The Bertz CT molecular complexity index is 628. The van der Waals surface area contributed by atoms with Gasteiger partial charge in [-0.15, -0.1) is 11.3 Å². The molecule has 0 amide bonds. The van der Waals surface area contributed by atoms with E-state index in [0.717, 1.165) is 13.0 Å². The highest BCUT2D eigenvalue weighted by Crippen LogP contribution is 2.42. The molecule has 1 aliphatic carbocycles. The Kier molecular flexibility index (Phi) is 4.14. The number of aromatic nitrogens is 1. The van der Waals surface area contributed by atoms with Gasteiger partial charge in [0.2, 0.25) is 0 Å². The van der Waals surface area contributed by atoms with E-state index < -0.39 is 0 Å². The SMILES string of the molecule is CC(C)NCc1sc(C2Cc3ccccc32)nc1C(C)C. The highest BCUT2D eigenvalue weighted by atomic mass is 32.1. The van der Waals surface area contributed by atoms with Crippen LogP contribution in [0, 0.1) is 0 Å². The summed E-state index contributed by atoms with van der Waals surface area (Å²) in [6.07, 6.45) is 1.15. The molecule has 1 unspecified atom stereocenters. The van der Waals surface area contributed by atoms with E-state index in [9.17, 15) is 0 Å². The Morgan fingerprint density at radius 3 is 2.67 bits per heavy atom. The molecule has 2 nitrogen and oxygen atoms in total. The Morgan fingerprint density at radius 1 is 1.24 bits per heavy atom. The molecule has 0 fully saturated rings. The van der Waals surface area contributed by atoms with Gasteiger partial charge < -0.3 is 5.32 Å². The summed E-state index contributed by atoms with van der Waals surface area (Å²) in [4.78, 5) is 6.40. The van der Waals surface area contributed by atoms with Crippen molar-refractivity contribution in [2.24, 2.45) is 0 Å². The molecule has 0 saturated heterocycles. The largest absolute Gasteiger partial charge is 0.310 e. The number of hydrogen-bond acceptors (Lipinski definition) is 3. The minimum atomic E-state index is 0.495. The van der Waals surface area contributed by atoms with Crippen LogP contribution in [0.4, 0.5) is 0 Å². The number of benzene rings is 1. The van der Waals surface area contributed by atoms with Gasteiger partial charge in [-0.1, -0.05) is 52.0 Å². The number of rotatable bonds is 5. The molecule has 0 radical (unpaired) electrons. The summed E-state index contributed by atoms with van der Waals surface area (Å²) in [7, 11) is 0. The average Bonchev–Trinajstić information content (AvgIpc) is 2.82. The number of hydrogen-bond donors (Lipinski definition) is 1. The number of thiazole rings is 1. The maximum absolute atomic E-state index is 4.99. The lowest BCUT2D eigenvalue weighted by molar-refractivity contribution is 0.587. The molecule has 2 aromatic rings. The van der Waals surface area contributed by atoms with E-state index in [1.807, 2.05) is 11.3 Å². The molecule has 1 aliphatic rings. The summed E-state index contributed by atoms with van der Waals surface area (Å²) in [6.45, 7) is 9.81. The summed E-state index contributed by atoms with van der Waals surface area (Å²) >= 11 is 1.90. The summed E-state index contributed by atoms with van der Waals surface area (Å²) in [6, 6.07) is 9.29. The van der Waals surface area contributed by atoms with Gasteiger partial charge in [-0.3, -0.25) is 0 Å². The monoisotopic (exact) mass is 300 g/mol. The van der Waals surface area contributed by atoms with Crippen LogP contribution in [0.2, 0.25) is 0 Å². The van der Waals surface area contributed by atoms with Crippen molar-refractivity contribution in [2.75, 3.05) is 0 Å². The van der Waals surface area contributed by atoms with E-state index in [2.05, 4.69) is 57.3 Å². The Balaban J connectivity index is 1.86. The first-order chi connectivity index (χ1) is 10.1. The lowest BCUT2D eigenvalue weighted by Crippen LogP contribution is -2.22. The first-order valence-electron chi connectivity index (χ1n) is 7.87. The third-order valence-electron chi connectivity index (χ3n) is 4.11. The third-order valence-corrected chi connectivity index (χ3v) is 5.30. The summed E-state index contributed by atoms with van der Waals surface area (Å²) < 4.78 is 0. The number of fused-ring (bicyclic) bond motifs is 1. The quantitative estimate of drug-likeness (QED) is 0.882. The van der Waals surface area contributed by atoms with E-state index in [1.54, 1.807) is 0 Å². The molecular weight excluding hydrogens is 276 g/mol. The van der Waals surface area contributed by atoms with Gasteiger partial charge in [0.05, 0.1) is 5.69 Å². The molecule has 112 valence electrons. The lowest BCUT2D eigenvalue weighted by Gasteiger charge is -2.28. The van der Waals surface area contributed by atoms with Gasteiger partial charge in [0.15, 0.2) is 0 Å². The predicted molar refractivity (Wildman–Crippen MR) is 90.2 cm³/mol. The van der Waals surface area contributed by atoms with Gasteiger partial charge in [-0.2, -0.15) is 0 Å². The third kappa shape index (κ3) is 2.90. The van der Waals surface area contributed by atoms with Crippen molar-refractivity contribution in [1.29, 1.82) is 0 Å². The van der Waals surface area contributed by atoms with E-state index >= 15 is 0 Å². The highest BCUT2D eigenvalue weighted by molar-refractivity contribution is 7.11. The van der Waals surface area contributed by atoms with E-state index in [-0.39, 0.29) is 0 Å². The van der Waals surface area contributed by atoms with Crippen molar-refractivity contribution in [2.45, 2.75) is 58.5 Å². The average molecular weight is 300 g/mol. The van der Waals surface area contributed by atoms with Crippen LogP contribution >= 0.6 is 11.3 Å². The van der Waals surface area contributed by atoms with Gasteiger partial charge in [-0.25, -0.2) is 4.98 Å². The second kappa shape index (κ2) is 5.90. The van der Waals surface area contributed by atoms with Crippen LogP contribution in [0.1, 0.15) is 66.2 Å². The summed E-state index contributed by atoms with van der Waals surface area (Å²) in [5.74, 6) is 1.02. The lowest BCUT2D eigenvalue weighted by atomic mass is 9.78. The first kappa shape index (κ1) is 14.7. The van der Waals surface area contributed by atoms with Crippen molar-refractivity contribution in [3.63, 3.8) is 0 Å². The summed E-state index contributed by atoms with van der Waals surface area (Å²) in [5, 5.41) is 4.84. The number of nitrogens with one attached hydrogen (secondary N) is 1. The Labute approximate surface area is 131 Å². The zero-order valence-electron chi connectivity index (χ0n) is 13.3. The van der Waals surface area contributed by atoms with E-state index in [0.29, 0.717) is 17.9 Å². The van der Waals surface area contributed by atoms with Crippen molar-refractivity contribution in [1.82, 2.24) is 10.3 Å². The van der Waals surface area contributed by atoms with E-state index in [4.69, 9.17) is 4.98 Å². The topological polar surface area (TPSA) is 24.9 Å². The van der Waals surface area contributed by atoms with Crippen LogP contribution in [0.3, 0.4) is 0 Å². The van der Waals surface area contributed by atoms with Crippen LogP contribution < -0.4 is 5.32 Å². The normalized spacial score (nSPS) is 17.1. The van der Waals surface area contributed by atoms with Crippen molar-refractivity contribution in [3.8, 4) is 0 Å². The smallest absolute Gasteiger partial charge is 0.101 e. The fourth-order valence-corrected chi connectivity index (χ4v) is 4.18. The minimum absolute atomic E-state index is 0.495. The molecule has 0 saturated carbocycles. The zero-order chi connectivity index (χ0) is 15.0. The fraction of sp³-hybridized carbons (Fsp3) is 0.500. The van der Waals surface area contributed by atoms with Crippen molar-refractivity contribution in [3.05, 3.63) is 51.0 Å². The van der Waals surface area contributed by atoms with Gasteiger partial charge in [0.1, 0.15) is 5.01 Å². The first-order valence-corrected chi connectivity index (χ1v) is 8.68. The molecule has 1 aromatic heterocycles. The van der Waals surface area contributed by atoms with Crippen LogP contribution in [-0.2, 0) is 13.0 Å². The molecular formula is C18H24N2S. The maximum atomic E-state index is 4.99. The molecule has 1 heterocycles. The molecule has 1 aromatic carbocycles. The molecule has 0 spiro atoms. The summed E-state index contributed by atoms with van der Waals surface area (Å²) in [5.41, 5.74) is 4.25. The van der Waals surface area contributed by atoms with Crippen LogP contribution in [0.25, 0.3) is 0 Å². The van der Waals surface area contributed by atoms with Gasteiger partial charge in [0.25, 0.3) is 0 Å². The van der Waals surface area contributed by atoms with Gasteiger partial charge in [0, 0.05) is 23.4 Å². The molecule has 1 N–H and O–H groups in total. The molecule has 3 heteroatoms. The second-order valence-electron chi connectivity index (χ2n) is 6.51. The Hall–Kier alpha value is -1.19.